The molecule has 2 aliphatic carbocycles. The van der Waals surface area contributed by atoms with E-state index in [0.717, 1.165) is 0 Å². The molecular formula is C42H49AsP2. The van der Waals surface area contributed by atoms with Crippen LogP contribution in [0.2, 0.25) is 0 Å². The Morgan fingerprint density at radius 1 is 0.422 bits per heavy atom. The first-order valence-electron chi connectivity index (χ1n) is 17.2. The fourth-order valence-corrected chi connectivity index (χ4v) is 20.7. The Hall–Kier alpha value is -1.96. The summed E-state index contributed by atoms with van der Waals surface area (Å²) in [5, 5.41) is 9.87. The molecule has 0 amide bonds. The third-order valence-electron chi connectivity index (χ3n) is 10.2. The van der Waals surface area contributed by atoms with E-state index in [1.54, 1.807) is 67.5 Å². The molecule has 0 aliphatic heterocycles. The maximum absolute atomic E-state index is 2.62. The van der Waals surface area contributed by atoms with Gasteiger partial charge < -0.3 is 0 Å². The van der Waals surface area contributed by atoms with Gasteiger partial charge in [-0.2, -0.15) is 0 Å². The van der Waals surface area contributed by atoms with Gasteiger partial charge in [0.1, 0.15) is 0 Å². The Labute approximate surface area is 279 Å². The SMILES string of the molecule is CC(C)P(c1ccc2c3c(ccc([As](c4ccccc4)c4ccc5c6c(ccc(P(C(C)C)C(C)C)c46)CC5)c13)CC2)C(C)C. The molecule has 232 valence electrons. The summed E-state index contributed by atoms with van der Waals surface area (Å²) in [5.74, 6) is 0. The molecule has 0 radical (unpaired) electrons. The molecular weight excluding hydrogens is 641 g/mol. The third-order valence-corrected chi connectivity index (χ3v) is 21.8. The van der Waals surface area contributed by atoms with Crippen LogP contribution in [0.4, 0.5) is 0 Å². The maximum atomic E-state index is 2.62. The van der Waals surface area contributed by atoms with Crippen LogP contribution >= 0.6 is 15.8 Å². The van der Waals surface area contributed by atoms with Gasteiger partial charge in [0.2, 0.25) is 0 Å². The zero-order chi connectivity index (χ0) is 31.6. The summed E-state index contributed by atoms with van der Waals surface area (Å²) < 4.78 is 4.90. The van der Waals surface area contributed by atoms with Crippen LogP contribution in [0.1, 0.15) is 77.6 Å². The molecule has 0 aromatic heterocycles. The molecule has 45 heavy (non-hydrogen) atoms. The number of hydrogen-bond donors (Lipinski definition) is 0. The molecule has 3 heteroatoms. The summed E-state index contributed by atoms with van der Waals surface area (Å²) >= 11 is -1.98. The van der Waals surface area contributed by atoms with Crippen LogP contribution in [-0.4, -0.2) is 37.3 Å². The van der Waals surface area contributed by atoms with Gasteiger partial charge >= 0.3 is 281 Å². The Kier molecular flexibility index (Phi) is 8.84. The summed E-state index contributed by atoms with van der Waals surface area (Å²) in [5.41, 5.74) is 8.97. The molecule has 5 aromatic rings. The minimum atomic E-state index is -1.98. The molecule has 0 saturated carbocycles. The topological polar surface area (TPSA) is 0 Å². The molecule has 0 spiro atoms. The van der Waals surface area contributed by atoms with Crippen molar-refractivity contribution in [1.82, 2.24) is 0 Å². The van der Waals surface area contributed by atoms with E-state index < -0.39 is 14.7 Å². The Balaban J connectivity index is 1.62. The van der Waals surface area contributed by atoms with Crippen LogP contribution in [-0.2, 0) is 25.7 Å². The predicted molar refractivity (Wildman–Crippen MR) is 207 cm³/mol. The van der Waals surface area contributed by atoms with Crippen LogP contribution < -0.4 is 23.7 Å². The Morgan fingerprint density at radius 3 is 1.13 bits per heavy atom. The van der Waals surface area contributed by atoms with Crippen molar-refractivity contribution in [3.05, 3.63) is 101 Å². The average molecular weight is 691 g/mol. The van der Waals surface area contributed by atoms with Gasteiger partial charge in [-0.05, 0) is 0 Å². The van der Waals surface area contributed by atoms with Gasteiger partial charge in [-0.25, -0.2) is 0 Å². The van der Waals surface area contributed by atoms with Gasteiger partial charge in [-0.1, -0.05) is 0 Å². The van der Waals surface area contributed by atoms with Crippen LogP contribution in [0.25, 0.3) is 21.5 Å². The summed E-state index contributed by atoms with van der Waals surface area (Å²) in [7, 11) is -0.583. The third kappa shape index (κ3) is 5.37. The predicted octanol–water partition coefficient (Wildman–Crippen LogP) is 8.55. The summed E-state index contributed by atoms with van der Waals surface area (Å²) in [4.78, 5) is 0. The zero-order valence-electron chi connectivity index (χ0n) is 28.5. The normalized spacial score (nSPS) is 14.4. The standard InChI is InChI=1S/C42H49AsP2/c1-26(2)44(27(3)4)37-24-20-32-16-14-30-18-22-35(41(37)39(30)32)43(34-12-10-9-11-13-34)36-23-19-31-15-17-33-21-25-38(42(36)40(31)33)45(28(5)6)29(7)8/h9-13,18-29H,14-17H2,1-8H3. The van der Waals surface area contributed by atoms with E-state index in [2.05, 4.69) is 134 Å². The van der Waals surface area contributed by atoms with E-state index in [9.17, 15) is 0 Å². The quantitative estimate of drug-likeness (QED) is 0.108. The van der Waals surface area contributed by atoms with Gasteiger partial charge in [-0.15, -0.1) is 0 Å². The van der Waals surface area contributed by atoms with E-state index in [-0.39, 0.29) is 15.8 Å². The number of aryl methyl sites for hydroxylation is 4. The summed E-state index contributed by atoms with van der Waals surface area (Å²) in [6.45, 7) is 19.8. The molecule has 0 bridgehead atoms. The summed E-state index contributed by atoms with van der Waals surface area (Å²) in [6.07, 6.45) is 4.75. The van der Waals surface area contributed by atoms with Crippen LogP contribution in [0.3, 0.4) is 0 Å². The first-order valence-corrected chi connectivity index (χ1v) is 23.0. The molecule has 0 saturated heterocycles. The molecule has 2 aliphatic rings. The van der Waals surface area contributed by atoms with Crippen molar-refractivity contribution in [3.8, 4) is 0 Å². The zero-order valence-corrected chi connectivity index (χ0v) is 32.2. The molecule has 0 N–H and O–H groups in total. The Morgan fingerprint density at radius 2 is 0.778 bits per heavy atom. The van der Waals surface area contributed by atoms with Crippen molar-refractivity contribution in [3.63, 3.8) is 0 Å². The van der Waals surface area contributed by atoms with Crippen LogP contribution in [0, 0.1) is 0 Å². The second-order valence-corrected chi connectivity index (χ2v) is 25.6. The van der Waals surface area contributed by atoms with E-state index in [1.807, 2.05) is 0 Å². The van der Waals surface area contributed by atoms with Crippen molar-refractivity contribution < 1.29 is 0 Å². The molecule has 0 heterocycles. The number of benzene rings is 5. The van der Waals surface area contributed by atoms with Crippen molar-refractivity contribution in [2.45, 2.75) is 104 Å². The van der Waals surface area contributed by atoms with Gasteiger partial charge in [0.15, 0.2) is 0 Å². The second kappa shape index (κ2) is 12.6. The molecule has 0 unspecified atom stereocenters. The van der Waals surface area contributed by atoms with Gasteiger partial charge in [0.25, 0.3) is 0 Å². The molecule has 0 nitrogen and oxygen atoms in total. The second-order valence-electron chi connectivity index (χ2n) is 14.3. The van der Waals surface area contributed by atoms with Crippen molar-refractivity contribution in [2.75, 3.05) is 0 Å². The van der Waals surface area contributed by atoms with Crippen molar-refractivity contribution in [1.29, 1.82) is 0 Å². The number of rotatable bonds is 9. The van der Waals surface area contributed by atoms with Gasteiger partial charge in [-0.3, -0.25) is 0 Å². The molecule has 0 atom stereocenters. The average Bonchev–Trinajstić information content (AvgIpc) is 3.62. The monoisotopic (exact) mass is 690 g/mol. The van der Waals surface area contributed by atoms with E-state index in [1.165, 1.54) is 25.7 Å². The van der Waals surface area contributed by atoms with Crippen molar-refractivity contribution in [2.24, 2.45) is 0 Å². The van der Waals surface area contributed by atoms with Crippen LogP contribution in [0.15, 0.2) is 78.9 Å². The van der Waals surface area contributed by atoms with E-state index >= 15 is 0 Å². The fourth-order valence-electron chi connectivity index (χ4n) is 8.68. The molecule has 0 fully saturated rings. The molecule has 5 aromatic carbocycles. The first-order chi connectivity index (χ1) is 21.7. The number of hydrogen-bond acceptors (Lipinski definition) is 0. The first kappa shape index (κ1) is 31.6. The van der Waals surface area contributed by atoms with Crippen LogP contribution in [0.5, 0.6) is 0 Å². The van der Waals surface area contributed by atoms with Crippen molar-refractivity contribution >= 4 is 75.7 Å². The fraction of sp³-hybridized carbons (Fsp3) is 0.381. The minimum absolute atomic E-state index is 0.291. The Bertz CT molecular complexity index is 1730. The summed E-state index contributed by atoms with van der Waals surface area (Å²) in [6, 6.07) is 32.2. The van der Waals surface area contributed by atoms with E-state index in [0.29, 0.717) is 22.6 Å². The van der Waals surface area contributed by atoms with Gasteiger partial charge in [0.05, 0.1) is 0 Å². The van der Waals surface area contributed by atoms with Gasteiger partial charge in [0, 0.05) is 0 Å². The molecule has 7 rings (SSSR count). The van der Waals surface area contributed by atoms with E-state index in [4.69, 9.17) is 0 Å².